The van der Waals surface area contributed by atoms with Gasteiger partial charge in [-0.2, -0.15) is 0 Å². The Kier molecular flexibility index (Phi) is 4.64. The number of fused-ring (bicyclic) bond motifs is 1. The van der Waals surface area contributed by atoms with Crippen molar-refractivity contribution in [1.82, 2.24) is 19.4 Å². The van der Waals surface area contributed by atoms with Crippen LogP contribution in [0.5, 0.6) is 0 Å². The van der Waals surface area contributed by atoms with Crippen molar-refractivity contribution in [1.29, 1.82) is 0 Å². The van der Waals surface area contributed by atoms with Crippen molar-refractivity contribution in [3.05, 3.63) is 84.2 Å². The number of hydrogen-bond donors (Lipinski definition) is 0. The Morgan fingerprint density at radius 2 is 1.96 bits per heavy atom. The fourth-order valence-electron chi connectivity index (χ4n) is 4.20. The zero-order valence-electron chi connectivity index (χ0n) is 15.8. The van der Waals surface area contributed by atoms with Crippen molar-refractivity contribution in [2.24, 2.45) is 4.99 Å². The third-order valence-electron chi connectivity index (χ3n) is 5.60. The van der Waals surface area contributed by atoms with E-state index in [0.29, 0.717) is 6.04 Å². The summed E-state index contributed by atoms with van der Waals surface area (Å²) in [6, 6.07) is 15.4. The van der Waals surface area contributed by atoms with E-state index in [0.717, 1.165) is 24.4 Å². The highest BCUT2D eigenvalue weighted by Gasteiger charge is 2.46. The average molecular weight is 390 g/mol. The highest BCUT2D eigenvalue weighted by Crippen LogP contribution is 2.48. The summed E-state index contributed by atoms with van der Waals surface area (Å²) in [5, 5.41) is 1.17. The average Bonchev–Trinajstić information content (AvgIpc) is 3.44. The molecule has 6 heteroatoms. The number of thioether (sulfide) groups is 1. The summed E-state index contributed by atoms with van der Waals surface area (Å²) in [4.78, 5) is 16.5. The van der Waals surface area contributed by atoms with Gasteiger partial charge in [-0.25, -0.2) is 0 Å². The van der Waals surface area contributed by atoms with Crippen LogP contribution in [0.2, 0.25) is 0 Å². The first-order chi connectivity index (χ1) is 13.8. The van der Waals surface area contributed by atoms with Crippen LogP contribution in [0.4, 0.5) is 0 Å². The highest BCUT2D eigenvalue weighted by atomic mass is 32.2. The minimum Gasteiger partial charge on any atom is -0.345 e. The standard InChI is InChI=1S/C22H23N5S/c1-2-17-15-28-22-25-20(18-6-3-4-10-24-18)21(27(17)22)19-7-5-13-26(19)14-16-8-11-23-12-9-16/h3-13,17,20-21H,2,14-15H2,1H3/t17-,20+,21+/m1/s1. The maximum atomic E-state index is 5.12. The lowest BCUT2D eigenvalue weighted by atomic mass is 9.99. The lowest BCUT2D eigenvalue weighted by Gasteiger charge is -2.32. The largest absolute Gasteiger partial charge is 0.345 e. The second-order valence-corrected chi connectivity index (χ2v) is 8.24. The van der Waals surface area contributed by atoms with E-state index < -0.39 is 0 Å². The Labute approximate surface area is 169 Å². The molecule has 1 fully saturated rings. The number of aliphatic imine (C=N–C) groups is 1. The molecule has 0 aliphatic carbocycles. The van der Waals surface area contributed by atoms with E-state index in [1.165, 1.54) is 16.4 Å². The van der Waals surface area contributed by atoms with E-state index >= 15 is 0 Å². The maximum absolute atomic E-state index is 5.12. The molecular weight excluding hydrogens is 366 g/mol. The molecule has 28 heavy (non-hydrogen) atoms. The molecule has 5 heterocycles. The molecule has 0 radical (unpaired) electrons. The number of aromatic nitrogens is 3. The normalized spacial score (nSPS) is 23.7. The number of rotatable bonds is 5. The summed E-state index contributed by atoms with van der Waals surface area (Å²) in [6.45, 7) is 3.11. The number of nitrogens with zero attached hydrogens (tertiary/aromatic N) is 5. The van der Waals surface area contributed by atoms with E-state index in [-0.39, 0.29) is 12.1 Å². The fraction of sp³-hybridized carbons (Fsp3) is 0.318. The lowest BCUT2D eigenvalue weighted by Crippen LogP contribution is -2.36. The summed E-state index contributed by atoms with van der Waals surface area (Å²) < 4.78 is 2.35. The van der Waals surface area contributed by atoms with Gasteiger partial charge in [0.25, 0.3) is 0 Å². The van der Waals surface area contributed by atoms with Crippen LogP contribution in [-0.4, -0.2) is 36.4 Å². The van der Waals surface area contributed by atoms with E-state index in [2.05, 4.69) is 69.0 Å². The number of hydrogen-bond acceptors (Lipinski definition) is 5. The van der Waals surface area contributed by atoms with Crippen molar-refractivity contribution >= 4 is 16.9 Å². The molecule has 0 N–H and O–H groups in total. The monoisotopic (exact) mass is 389 g/mol. The number of amidine groups is 1. The Hall–Kier alpha value is -2.60. The van der Waals surface area contributed by atoms with Crippen molar-refractivity contribution in [3.8, 4) is 0 Å². The van der Waals surface area contributed by atoms with Gasteiger partial charge in [-0.3, -0.25) is 15.0 Å². The highest BCUT2D eigenvalue weighted by molar-refractivity contribution is 8.14. The van der Waals surface area contributed by atoms with Gasteiger partial charge in [0.2, 0.25) is 0 Å². The molecule has 2 aliphatic heterocycles. The molecule has 3 aromatic rings. The lowest BCUT2D eigenvalue weighted by molar-refractivity contribution is 0.246. The van der Waals surface area contributed by atoms with E-state index in [9.17, 15) is 0 Å². The van der Waals surface area contributed by atoms with Crippen molar-refractivity contribution in [2.45, 2.75) is 38.0 Å². The van der Waals surface area contributed by atoms with Crippen molar-refractivity contribution < 1.29 is 0 Å². The van der Waals surface area contributed by atoms with Crippen LogP contribution >= 0.6 is 11.8 Å². The third kappa shape index (κ3) is 3.02. The third-order valence-corrected chi connectivity index (χ3v) is 6.73. The second-order valence-electron chi connectivity index (χ2n) is 7.25. The van der Waals surface area contributed by atoms with Crippen LogP contribution in [0.25, 0.3) is 0 Å². The van der Waals surface area contributed by atoms with Crippen LogP contribution in [0.15, 0.2) is 72.2 Å². The molecule has 142 valence electrons. The van der Waals surface area contributed by atoms with Crippen LogP contribution < -0.4 is 0 Å². The maximum Gasteiger partial charge on any atom is 0.160 e. The summed E-state index contributed by atoms with van der Waals surface area (Å²) in [7, 11) is 0. The molecular formula is C22H23N5S. The molecule has 0 aromatic carbocycles. The van der Waals surface area contributed by atoms with Gasteiger partial charge in [-0.15, -0.1) is 0 Å². The van der Waals surface area contributed by atoms with Gasteiger partial charge in [0.1, 0.15) is 6.04 Å². The minimum atomic E-state index is 0.0316. The topological polar surface area (TPSA) is 46.3 Å². The van der Waals surface area contributed by atoms with Gasteiger partial charge in [0.05, 0.1) is 11.7 Å². The quantitative estimate of drug-likeness (QED) is 0.652. The molecule has 0 unspecified atom stereocenters. The predicted octanol–water partition coefficient (Wildman–Crippen LogP) is 4.31. The molecule has 0 spiro atoms. The van der Waals surface area contributed by atoms with Crippen molar-refractivity contribution in [3.63, 3.8) is 0 Å². The molecule has 0 amide bonds. The summed E-state index contributed by atoms with van der Waals surface area (Å²) in [5.41, 5.74) is 3.59. The minimum absolute atomic E-state index is 0.0316. The molecule has 3 aromatic heterocycles. The first-order valence-electron chi connectivity index (χ1n) is 9.79. The SMILES string of the molecule is CC[C@@H]1CSC2=N[C@@H](c3ccccn3)[C@H](c3cccn3Cc3ccncc3)N21. The van der Waals surface area contributed by atoms with Gasteiger partial charge in [-0.05, 0) is 48.4 Å². The summed E-state index contributed by atoms with van der Waals surface area (Å²) in [6.07, 6.45) is 8.89. The molecule has 5 rings (SSSR count). The van der Waals surface area contributed by atoms with E-state index in [1.807, 2.05) is 36.4 Å². The van der Waals surface area contributed by atoms with Gasteiger partial charge < -0.3 is 9.47 Å². The molecule has 0 saturated carbocycles. The first-order valence-corrected chi connectivity index (χ1v) is 10.8. The first kappa shape index (κ1) is 17.5. The van der Waals surface area contributed by atoms with E-state index in [4.69, 9.17) is 4.99 Å². The fourth-order valence-corrected chi connectivity index (χ4v) is 5.53. The summed E-state index contributed by atoms with van der Waals surface area (Å²) >= 11 is 1.89. The van der Waals surface area contributed by atoms with Gasteiger partial charge in [-0.1, -0.05) is 24.8 Å². The Bertz CT molecular complexity index is 969. The molecule has 1 saturated heterocycles. The zero-order valence-corrected chi connectivity index (χ0v) is 16.7. The van der Waals surface area contributed by atoms with Crippen LogP contribution in [-0.2, 0) is 6.54 Å². The number of pyridine rings is 2. The Morgan fingerprint density at radius 1 is 1.07 bits per heavy atom. The predicted molar refractivity (Wildman–Crippen MR) is 113 cm³/mol. The zero-order chi connectivity index (χ0) is 18.9. The van der Waals surface area contributed by atoms with E-state index in [1.54, 1.807) is 0 Å². The van der Waals surface area contributed by atoms with Crippen LogP contribution in [0.3, 0.4) is 0 Å². The summed E-state index contributed by atoms with van der Waals surface area (Å²) in [5.74, 6) is 1.12. The van der Waals surface area contributed by atoms with Crippen LogP contribution in [0, 0.1) is 0 Å². The Morgan fingerprint density at radius 3 is 2.75 bits per heavy atom. The molecule has 5 nitrogen and oxygen atoms in total. The molecule has 2 aliphatic rings. The van der Waals surface area contributed by atoms with Gasteiger partial charge >= 0.3 is 0 Å². The van der Waals surface area contributed by atoms with Crippen molar-refractivity contribution in [2.75, 3.05) is 5.75 Å². The smallest absolute Gasteiger partial charge is 0.160 e. The second kappa shape index (κ2) is 7.43. The molecule has 0 bridgehead atoms. The Balaban J connectivity index is 1.55. The van der Waals surface area contributed by atoms with Gasteiger partial charge in [0, 0.05) is 48.8 Å². The van der Waals surface area contributed by atoms with Gasteiger partial charge in [0.15, 0.2) is 5.17 Å². The van der Waals surface area contributed by atoms with Crippen LogP contribution in [0.1, 0.15) is 42.4 Å². The molecule has 3 atom stereocenters.